The monoisotopic (exact) mass is 640 g/mol. The van der Waals surface area contributed by atoms with Crippen LogP contribution >= 0.6 is 27.5 Å². The van der Waals surface area contributed by atoms with E-state index in [1.807, 2.05) is 0 Å². The highest BCUT2D eigenvalue weighted by atomic mass is 79.9. The summed E-state index contributed by atoms with van der Waals surface area (Å²) in [6.07, 6.45) is -0.0512. The number of phenolic OH excluding ortho intramolecular Hbond substituents is 1. The van der Waals surface area contributed by atoms with Crippen molar-refractivity contribution in [3.05, 3.63) is 16.1 Å². The van der Waals surface area contributed by atoms with Crippen LogP contribution in [0.2, 0.25) is 5.02 Å². The van der Waals surface area contributed by atoms with Crippen molar-refractivity contribution in [2.24, 2.45) is 29.4 Å². The standard InChI is InChI=1S/C26H30BrClN4O8/c1-8(27)25(39)30-16-15(28)17(31(2)3)10-6-9-7-11-18(32(4)5)21(35)14(24(29)38)23(37)26(11,40)22(36)12(9)19(33)13(10)20(16)34/h8-9,11-12,14,18,34,40H,6-7H2,1-5H3,(H2,29,38)(H,30,39)/t8?,9?,11?,12?,14?,18-,26-/m0/s1. The third kappa shape index (κ3) is 4.16. The quantitative estimate of drug-likeness (QED) is 0.198. The Bertz CT molecular complexity index is 1380. The molecule has 0 bridgehead atoms. The fourth-order valence-corrected chi connectivity index (χ4v) is 7.02. The van der Waals surface area contributed by atoms with Gasteiger partial charge in [0.1, 0.15) is 5.69 Å². The van der Waals surface area contributed by atoms with E-state index in [0.29, 0.717) is 11.3 Å². The largest absolute Gasteiger partial charge is 0.505 e. The summed E-state index contributed by atoms with van der Waals surface area (Å²) < 4.78 is 0. The minimum atomic E-state index is -2.83. The Labute approximate surface area is 243 Å². The number of aliphatic hydroxyl groups is 1. The summed E-state index contributed by atoms with van der Waals surface area (Å²) in [5.74, 6) is -12.3. The number of aromatic hydroxyl groups is 1. The van der Waals surface area contributed by atoms with E-state index < -0.39 is 80.8 Å². The van der Waals surface area contributed by atoms with Crippen molar-refractivity contribution >= 4 is 73.9 Å². The molecular formula is C26H30BrClN4O8. The first kappa shape index (κ1) is 30.1. The summed E-state index contributed by atoms with van der Waals surface area (Å²) in [6.45, 7) is 1.55. The van der Waals surface area contributed by atoms with Crippen LogP contribution in [0.15, 0.2) is 0 Å². The summed E-state index contributed by atoms with van der Waals surface area (Å²) in [6, 6.07) is -1.20. The molecule has 0 aromatic heterocycles. The lowest BCUT2D eigenvalue weighted by atomic mass is 9.52. The van der Waals surface area contributed by atoms with Crippen LogP contribution in [0.5, 0.6) is 5.75 Å². The second-order valence-electron chi connectivity index (χ2n) is 11.0. The molecule has 40 heavy (non-hydrogen) atoms. The van der Waals surface area contributed by atoms with Gasteiger partial charge in [0, 0.05) is 20.0 Å². The van der Waals surface area contributed by atoms with E-state index in [1.165, 1.54) is 19.0 Å². The van der Waals surface area contributed by atoms with Crippen LogP contribution in [-0.2, 0) is 30.4 Å². The summed E-state index contributed by atoms with van der Waals surface area (Å²) in [5.41, 5.74) is 2.68. The van der Waals surface area contributed by atoms with E-state index >= 15 is 0 Å². The maximum absolute atomic E-state index is 14.0. The Morgan fingerprint density at radius 2 is 1.75 bits per heavy atom. The molecule has 216 valence electrons. The zero-order valence-corrected chi connectivity index (χ0v) is 24.8. The average Bonchev–Trinajstić information content (AvgIpc) is 2.83. The van der Waals surface area contributed by atoms with Crippen molar-refractivity contribution < 1.29 is 39.0 Å². The van der Waals surface area contributed by atoms with Crippen molar-refractivity contribution in [1.29, 1.82) is 0 Å². The van der Waals surface area contributed by atoms with Crippen LogP contribution < -0.4 is 16.0 Å². The normalized spacial score (nSPS) is 30.4. The molecule has 0 saturated heterocycles. The van der Waals surface area contributed by atoms with Gasteiger partial charge in [-0.2, -0.15) is 0 Å². The Balaban J connectivity index is 1.92. The topological polar surface area (TPSA) is 187 Å². The van der Waals surface area contributed by atoms with Crippen molar-refractivity contribution in [2.45, 2.75) is 36.2 Å². The number of amides is 2. The Morgan fingerprint density at radius 1 is 1.15 bits per heavy atom. The molecule has 12 nitrogen and oxygen atoms in total. The molecule has 0 aliphatic heterocycles. The highest BCUT2D eigenvalue weighted by molar-refractivity contribution is 9.10. The first-order valence-corrected chi connectivity index (χ1v) is 13.8. The minimum Gasteiger partial charge on any atom is -0.505 e. The summed E-state index contributed by atoms with van der Waals surface area (Å²) in [4.78, 5) is 81.5. The first-order valence-electron chi connectivity index (χ1n) is 12.5. The van der Waals surface area contributed by atoms with Gasteiger partial charge < -0.3 is 26.2 Å². The zero-order valence-electron chi connectivity index (χ0n) is 22.4. The molecule has 4 rings (SSSR count). The molecular weight excluding hydrogens is 612 g/mol. The van der Waals surface area contributed by atoms with Crippen LogP contribution in [0.4, 0.5) is 11.4 Å². The molecule has 1 aromatic carbocycles. The van der Waals surface area contributed by atoms with Gasteiger partial charge in [-0.25, -0.2) is 0 Å². The van der Waals surface area contributed by atoms with E-state index in [0.717, 1.165) is 0 Å². The van der Waals surface area contributed by atoms with Crippen LogP contribution in [0.25, 0.3) is 0 Å². The Kier molecular flexibility index (Phi) is 7.67. The van der Waals surface area contributed by atoms with Crippen molar-refractivity contribution in [1.82, 2.24) is 4.90 Å². The van der Waals surface area contributed by atoms with E-state index in [4.69, 9.17) is 17.3 Å². The lowest BCUT2D eigenvalue weighted by molar-refractivity contribution is -0.181. The van der Waals surface area contributed by atoms with Gasteiger partial charge in [0.05, 0.1) is 33.1 Å². The number of rotatable bonds is 5. The predicted molar refractivity (Wildman–Crippen MR) is 148 cm³/mol. The molecule has 2 amide bonds. The molecule has 0 heterocycles. The van der Waals surface area contributed by atoms with Crippen LogP contribution in [0.1, 0.15) is 29.3 Å². The minimum absolute atomic E-state index is 0.0221. The summed E-state index contributed by atoms with van der Waals surface area (Å²) >= 11 is 9.77. The number of halogens is 2. The van der Waals surface area contributed by atoms with Gasteiger partial charge in [0.25, 0.3) is 0 Å². The van der Waals surface area contributed by atoms with E-state index in [9.17, 15) is 39.0 Å². The fourth-order valence-electron chi connectivity index (χ4n) is 6.49. The fraction of sp³-hybridized carbons (Fsp3) is 0.538. The smallest absolute Gasteiger partial charge is 0.238 e. The lowest BCUT2D eigenvalue weighted by Gasteiger charge is -2.52. The number of anilines is 2. The molecule has 5 N–H and O–H groups in total. The summed E-state index contributed by atoms with van der Waals surface area (Å²) in [7, 11) is 6.34. The number of nitrogens with one attached hydrogen (secondary N) is 1. The van der Waals surface area contributed by atoms with Gasteiger partial charge in [0.2, 0.25) is 11.8 Å². The number of Topliss-reactive ketones (excluding diaryl/α,β-unsaturated/α-hetero) is 4. The predicted octanol–water partition coefficient (Wildman–Crippen LogP) is 0.308. The number of carbonyl (C=O) groups is 6. The number of primary amides is 1. The van der Waals surface area contributed by atoms with Crippen molar-refractivity contribution in [2.75, 3.05) is 38.4 Å². The van der Waals surface area contributed by atoms with Crippen LogP contribution in [-0.4, -0.2) is 94.7 Å². The molecule has 0 spiro atoms. The number of ketones is 4. The van der Waals surface area contributed by atoms with Crippen LogP contribution in [0.3, 0.4) is 0 Å². The highest BCUT2D eigenvalue weighted by Gasteiger charge is 2.69. The number of hydrogen-bond donors (Lipinski definition) is 4. The highest BCUT2D eigenvalue weighted by Crippen LogP contribution is 2.54. The second kappa shape index (κ2) is 10.2. The van der Waals surface area contributed by atoms with Crippen LogP contribution in [0, 0.1) is 23.7 Å². The van der Waals surface area contributed by atoms with E-state index in [1.54, 1.807) is 25.9 Å². The lowest BCUT2D eigenvalue weighted by Crippen LogP contribution is -2.74. The SMILES string of the molecule is CC(Br)C(=O)Nc1c(O)c2c(c(N(C)C)c1Cl)CC1CC3[C@H](N(C)C)C(=O)C(C(N)=O)C(=O)[C@@]3(O)C(=O)C1C2=O. The molecule has 5 unspecified atom stereocenters. The molecule has 7 atom stereocenters. The first-order chi connectivity index (χ1) is 18.5. The zero-order chi connectivity index (χ0) is 30.2. The van der Waals surface area contributed by atoms with E-state index in [-0.39, 0.29) is 29.1 Å². The molecule has 2 saturated carbocycles. The molecule has 3 aliphatic rings. The second-order valence-corrected chi connectivity index (χ2v) is 12.8. The maximum Gasteiger partial charge on any atom is 0.238 e. The van der Waals surface area contributed by atoms with Crippen molar-refractivity contribution in [3.63, 3.8) is 0 Å². The Morgan fingerprint density at radius 3 is 2.25 bits per heavy atom. The number of carbonyl (C=O) groups excluding carboxylic acids is 6. The molecule has 2 fully saturated rings. The number of phenols is 1. The van der Waals surface area contributed by atoms with Gasteiger partial charge in [-0.1, -0.05) is 27.5 Å². The van der Waals surface area contributed by atoms with E-state index in [2.05, 4.69) is 21.2 Å². The van der Waals surface area contributed by atoms with Gasteiger partial charge in [-0.15, -0.1) is 0 Å². The molecule has 3 aliphatic carbocycles. The number of alkyl halides is 1. The number of nitrogens with zero attached hydrogens (tertiary/aromatic N) is 2. The third-order valence-corrected chi connectivity index (χ3v) is 8.98. The number of hydrogen-bond acceptors (Lipinski definition) is 10. The Hall–Kier alpha value is -2.87. The maximum atomic E-state index is 14.0. The summed E-state index contributed by atoms with van der Waals surface area (Å²) in [5, 5.41) is 25.4. The van der Waals surface area contributed by atoms with Gasteiger partial charge in [-0.05, 0) is 45.3 Å². The molecule has 14 heteroatoms. The third-order valence-electron chi connectivity index (χ3n) is 8.20. The van der Waals surface area contributed by atoms with Gasteiger partial charge >= 0.3 is 0 Å². The molecule has 0 radical (unpaired) electrons. The number of likely N-dealkylation sites (N-methyl/N-ethyl adjacent to an activating group) is 1. The van der Waals surface area contributed by atoms with Crippen molar-refractivity contribution in [3.8, 4) is 5.75 Å². The van der Waals surface area contributed by atoms with Gasteiger partial charge in [0.15, 0.2) is 40.4 Å². The molecule has 1 aromatic rings. The van der Waals surface area contributed by atoms with Gasteiger partial charge in [-0.3, -0.25) is 33.7 Å². The number of nitrogens with two attached hydrogens (primary N) is 1. The average molecular weight is 642 g/mol. The number of benzene rings is 1. The number of fused-ring (bicyclic) bond motifs is 3.